The summed E-state index contributed by atoms with van der Waals surface area (Å²) in [6.07, 6.45) is 3.03. The van der Waals surface area contributed by atoms with Crippen molar-refractivity contribution >= 4 is 34.3 Å². The first-order valence-electron chi connectivity index (χ1n) is 8.45. The number of benzene rings is 2. The number of pyridine rings is 1. The summed E-state index contributed by atoms with van der Waals surface area (Å²) in [5, 5.41) is 14.5. The highest BCUT2D eigenvalue weighted by atomic mass is 16.6. The maximum absolute atomic E-state index is 12.4. The summed E-state index contributed by atoms with van der Waals surface area (Å²) >= 11 is 0. The molecule has 0 spiro atoms. The molecule has 136 valence electrons. The molecule has 0 aliphatic heterocycles. The Morgan fingerprint density at radius 2 is 1.81 bits per heavy atom. The fourth-order valence-electron chi connectivity index (χ4n) is 2.97. The van der Waals surface area contributed by atoms with E-state index in [2.05, 4.69) is 16.4 Å². The molecule has 0 fully saturated rings. The minimum absolute atomic E-state index is 0.0149. The molecule has 0 radical (unpaired) electrons. The van der Waals surface area contributed by atoms with Crippen molar-refractivity contribution in [3.63, 3.8) is 0 Å². The van der Waals surface area contributed by atoms with E-state index in [0.717, 1.165) is 27.7 Å². The van der Waals surface area contributed by atoms with Crippen LogP contribution in [0, 0.1) is 30.9 Å². The number of aromatic nitrogens is 1. The van der Waals surface area contributed by atoms with E-state index in [1.807, 2.05) is 32.9 Å². The van der Waals surface area contributed by atoms with E-state index in [9.17, 15) is 14.9 Å². The number of hydrogen-bond donors (Lipinski definition) is 1. The number of carbonyl (C=O) groups is 1. The zero-order valence-electron chi connectivity index (χ0n) is 15.3. The Bertz CT molecular complexity index is 1070. The third kappa shape index (κ3) is 4.17. The standard InChI is InChI=1S/C21H19N3O3/c1-13-10-14(2)21-18(11-13)19(12-15(3)22-21)23-20(25)9-6-16-4-7-17(8-5-16)24(26)27/h4-12H,1-3H3,(H,22,23,25)/b9-6+. The van der Waals surface area contributed by atoms with E-state index in [1.54, 1.807) is 18.2 Å². The lowest BCUT2D eigenvalue weighted by Crippen LogP contribution is -2.09. The van der Waals surface area contributed by atoms with Crippen LogP contribution in [0.4, 0.5) is 11.4 Å². The summed E-state index contributed by atoms with van der Waals surface area (Å²) in [5.74, 6) is -0.278. The molecule has 0 aliphatic carbocycles. The van der Waals surface area contributed by atoms with Gasteiger partial charge in [0.05, 0.1) is 16.1 Å². The van der Waals surface area contributed by atoms with Crippen molar-refractivity contribution in [1.29, 1.82) is 0 Å². The van der Waals surface area contributed by atoms with Gasteiger partial charge in [-0.3, -0.25) is 19.9 Å². The summed E-state index contributed by atoms with van der Waals surface area (Å²) in [4.78, 5) is 27.2. The number of carbonyl (C=O) groups excluding carboxylic acids is 1. The van der Waals surface area contributed by atoms with E-state index < -0.39 is 4.92 Å². The van der Waals surface area contributed by atoms with Crippen LogP contribution in [-0.4, -0.2) is 15.8 Å². The molecule has 0 saturated carbocycles. The van der Waals surface area contributed by atoms with Gasteiger partial charge in [-0.15, -0.1) is 0 Å². The predicted molar refractivity (Wildman–Crippen MR) is 107 cm³/mol. The van der Waals surface area contributed by atoms with Crippen molar-refractivity contribution in [2.45, 2.75) is 20.8 Å². The minimum atomic E-state index is -0.457. The Kier molecular flexibility index (Phi) is 4.98. The van der Waals surface area contributed by atoms with Crippen LogP contribution in [0.1, 0.15) is 22.4 Å². The minimum Gasteiger partial charge on any atom is -0.322 e. The third-order valence-electron chi connectivity index (χ3n) is 4.17. The van der Waals surface area contributed by atoms with Gasteiger partial charge in [0, 0.05) is 29.3 Å². The van der Waals surface area contributed by atoms with E-state index >= 15 is 0 Å². The SMILES string of the molecule is Cc1cc(C)c2nc(C)cc(NC(=O)/C=C/c3ccc([N+](=O)[O-])cc3)c2c1. The topological polar surface area (TPSA) is 85.1 Å². The number of fused-ring (bicyclic) bond motifs is 1. The van der Waals surface area contributed by atoms with Gasteiger partial charge in [0.25, 0.3) is 5.69 Å². The molecule has 0 atom stereocenters. The Morgan fingerprint density at radius 1 is 1.11 bits per heavy atom. The van der Waals surface area contributed by atoms with Gasteiger partial charge in [-0.25, -0.2) is 0 Å². The number of nitro groups is 1. The molecule has 0 unspecified atom stereocenters. The van der Waals surface area contributed by atoms with Crippen LogP contribution in [0.3, 0.4) is 0 Å². The van der Waals surface area contributed by atoms with Gasteiger partial charge in [0.15, 0.2) is 0 Å². The van der Waals surface area contributed by atoms with Crippen molar-refractivity contribution in [3.05, 3.63) is 81.0 Å². The number of nitro benzene ring substituents is 1. The van der Waals surface area contributed by atoms with Gasteiger partial charge in [-0.05, 0) is 62.2 Å². The molecule has 0 saturated heterocycles. The highest BCUT2D eigenvalue weighted by Crippen LogP contribution is 2.27. The Labute approximate surface area is 156 Å². The summed E-state index contributed by atoms with van der Waals surface area (Å²) in [5.41, 5.74) is 5.29. The van der Waals surface area contributed by atoms with Crippen LogP contribution in [0.25, 0.3) is 17.0 Å². The number of anilines is 1. The molecule has 1 N–H and O–H groups in total. The largest absolute Gasteiger partial charge is 0.322 e. The molecule has 3 aromatic rings. The number of hydrogen-bond acceptors (Lipinski definition) is 4. The molecule has 1 heterocycles. The number of rotatable bonds is 4. The maximum atomic E-state index is 12.4. The highest BCUT2D eigenvalue weighted by Gasteiger charge is 2.09. The molecule has 1 aromatic heterocycles. The lowest BCUT2D eigenvalue weighted by molar-refractivity contribution is -0.384. The van der Waals surface area contributed by atoms with E-state index in [0.29, 0.717) is 11.3 Å². The molecule has 6 nitrogen and oxygen atoms in total. The maximum Gasteiger partial charge on any atom is 0.269 e. The molecule has 3 rings (SSSR count). The van der Waals surface area contributed by atoms with Gasteiger partial charge in [0.1, 0.15) is 0 Å². The monoisotopic (exact) mass is 361 g/mol. The van der Waals surface area contributed by atoms with Gasteiger partial charge in [-0.1, -0.05) is 11.6 Å². The van der Waals surface area contributed by atoms with Crippen molar-refractivity contribution in [2.24, 2.45) is 0 Å². The zero-order valence-corrected chi connectivity index (χ0v) is 15.3. The van der Waals surface area contributed by atoms with Gasteiger partial charge in [-0.2, -0.15) is 0 Å². The lowest BCUT2D eigenvalue weighted by Gasteiger charge is -2.11. The average molecular weight is 361 g/mol. The third-order valence-corrected chi connectivity index (χ3v) is 4.17. The van der Waals surface area contributed by atoms with E-state index in [1.165, 1.54) is 18.2 Å². The normalized spacial score (nSPS) is 11.1. The molecular weight excluding hydrogens is 342 g/mol. The Hall–Kier alpha value is -3.54. The van der Waals surface area contributed by atoms with Gasteiger partial charge >= 0.3 is 0 Å². The zero-order chi connectivity index (χ0) is 19.6. The molecule has 1 amide bonds. The molecule has 0 bridgehead atoms. The molecule has 2 aromatic carbocycles. The van der Waals surface area contributed by atoms with Crippen molar-refractivity contribution < 1.29 is 9.72 Å². The molecule has 27 heavy (non-hydrogen) atoms. The van der Waals surface area contributed by atoms with Crippen molar-refractivity contribution in [2.75, 3.05) is 5.32 Å². The molecular formula is C21H19N3O3. The van der Waals surface area contributed by atoms with Crippen LogP contribution in [-0.2, 0) is 4.79 Å². The fourth-order valence-corrected chi connectivity index (χ4v) is 2.97. The van der Waals surface area contributed by atoms with E-state index in [4.69, 9.17) is 0 Å². The summed E-state index contributed by atoms with van der Waals surface area (Å²) in [6.45, 7) is 5.90. The number of nitrogens with one attached hydrogen (secondary N) is 1. The number of amides is 1. The van der Waals surface area contributed by atoms with Crippen LogP contribution in [0.2, 0.25) is 0 Å². The van der Waals surface area contributed by atoms with Crippen LogP contribution in [0.15, 0.2) is 48.5 Å². The second-order valence-electron chi connectivity index (χ2n) is 6.46. The van der Waals surface area contributed by atoms with Crippen LogP contribution in [0.5, 0.6) is 0 Å². The number of non-ortho nitro benzene ring substituents is 1. The predicted octanol–water partition coefficient (Wildman–Crippen LogP) is 4.72. The summed E-state index contributed by atoms with van der Waals surface area (Å²) < 4.78 is 0. The summed E-state index contributed by atoms with van der Waals surface area (Å²) in [6, 6.07) is 11.9. The molecule has 6 heteroatoms. The second kappa shape index (κ2) is 7.37. The number of nitrogens with zero attached hydrogens (tertiary/aromatic N) is 2. The first kappa shape index (κ1) is 18.3. The average Bonchev–Trinajstić information content (AvgIpc) is 2.61. The van der Waals surface area contributed by atoms with Crippen molar-refractivity contribution in [1.82, 2.24) is 4.98 Å². The quantitative estimate of drug-likeness (QED) is 0.414. The lowest BCUT2D eigenvalue weighted by atomic mass is 10.0. The Balaban J connectivity index is 1.84. The first-order valence-corrected chi connectivity index (χ1v) is 8.45. The van der Waals surface area contributed by atoms with Gasteiger partial charge in [0.2, 0.25) is 5.91 Å². The van der Waals surface area contributed by atoms with Gasteiger partial charge < -0.3 is 5.32 Å². The molecule has 0 aliphatic rings. The van der Waals surface area contributed by atoms with Crippen molar-refractivity contribution in [3.8, 4) is 0 Å². The van der Waals surface area contributed by atoms with Crippen LogP contribution < -0.4 is 5.32 Å². The highest BCUT2D eigenvalue weighted by molar-refractivity contribution is 6.07. The van der Waals surface area contributed by atoms with Crippen LogP contribution >= 0.6 is 0 Å². The fraction of sp³-hybridized carbons (Fsp3) is 0.143. The second-order valence-corrected chi connectivity index (χ2v) is 6.46. The number of aryl methyl sites for hydroxylation is 3. The summed E-state index contributed by atoms with van der Waals surface area (Å²) in [7, 11) is 0. The Morgan fingerprint density at radius 3 is 2.48 bits per heavy atom. The van der Waals surface area contributed by atoms with E-state index in [-0.39, 0.29) is 11.6 Å². The smallest absolute Gasteiger partial charge is 0.269 e. The first-order chi connectivity index (χ1) is 12.8.